The average Bonchev–Trinajstić information content (AvgIpc) is 2.76. The van der Waals surface area contributed by atoms with E-state index in [1.54, 1.807) is 12.1 Å². The molecule has 0 radical (unpaired) electrons. The summed E-state index contributed by atoms with van der Waals surface area (Å²) in [6, 6.07) is 11.5. The molecule has 0 atom stereocenters. The number of fused-ring (bicyclic) bond motifs is 1. The van der Waals surface area contributed by atoms with Crippen molar-refractivity contribution in [1.29, 1.82) is 0 Å². The number of halogens is 2. The molecule has 1 aromatic heterocycles. The van der Waals surface area contributed by atoms with Crippen LogP contribution in [0.3, 0.4) is 0 Å². The van der Waals surface area contributed by atoms with E-state index in [1.165, 1.54) is 19.2 Å². The number of carbonyl (C=O) groups is 1. The van der Waals surface area contributed by atoms with Gasteiger partial charge in [0.05, 0.1) is 23.1 Å². The first-order valence-corrected chi connectivity index (χ1v) is 10.2. The first-order valence-electron chi connectivity index (χ1n) is 9.86. The highest BCUT2D eigenvalue weighted by molar-refractivity contribution is 6.35. The van der Waals surface area contributed by atoms with Crippen molar-refractivity contribution in [2.75, 3.05) is 26.1 Å². The monoisotopic (exact) mass is 444 g/mol. The van der Waals surface area contributed by atoms with Crippen molar-refractivity contribution in [3.05, 3.63) is 64.4 Å². The zero-order valence-corrected chi connectivity index (χ0v) is 17.7. The molecule has 1 fully saturated rings. The molecule has 1 aliphatic heterocycles. The molecule has 3 aromatic rings. The van der Waals surface area contributed by atoms with Crippen LogP contribution >= 0.6 is 11.6 Å². The molecule has 2 aromatic carbocycles. The molecule has 0 spiro atoms. The molecule has 0 bridgehead atoms. The van der Waals surface area contributed by atoms with E-state index < -0.39 is 17.2 Å². The lowest BCUT2D eigenvalue weighted by atomic mass is 9.74. The summed E-state index contributed by atoms with van der Waals surface area (Å²) in [7, 11) is 1.34. The second-order valence-corrected chi connectivity index (χ2v) is 7.94. The van der Waals surface area contributed by atoms with Crippen LogP contribution in [0.5, 0.6) is 5.75 Å². The molecule has 31 heavy (non-hydrogen) atoms. The Labute approximate surface area is 184 Å². The van der Waals surface area contributed by atoms with E-state index in [2.05, 4.69) is 4.98 Å². The van der Waals surface area contributed by atoms with Crippen LogP contribution in [-0.4, -0.2) is 31.3 Å². The Morgan fingerprint density at radius 2 is 2.00 bits per heavy atom. The summed E-state index contributed by atoms with van der Waals surface area (Å²) in [6.45, 7) is 0.983. The maximum Gasteiger partial charge on any atom is 0.316 e. The number of pyridine rings is 1. The molecule has 6 nitrogen and oxygen atoms in total. The van der Waals surface area contributed by atoms with Crippen LogP contribution in [0.15, 0.2) is 42.5 Å². The Balaban J connectivity index is 1.60. The maximum absolute atomic E-state index is 14.4. The Morgan fingerprint density at radius 3 is 2.74 bits per heavy atom. The standard InChI is InChI=1S/C23H22ClFN2O4/c1-29-22(28)23(4-6-30-7-5-23)15-9-16(25)11-17(10-15)31-13-14-2-3-18-19(24)12-21(26)27-20(18)8-14/h2-3,8-12H,4-7,13H2,1H3,(H2,26,27). The van der Waals surface area contributed by atoms with Crippen LogP contribution in [0.1, 0.15) is 24.0 Å². The predicted octanol–water partition coefficient (Wildman–Crippen LogP) is 4.41. The van der Waals surface area contributed by atoms with Gasteiger partial charge >= 0.3 is 5.97 Å². The number of aromatic nitrogens is 1. The molecule has 0 aliphatic carbocycles. The number of benzene rings is 2. The lowest BCUT2D eigenvalue weighted by Gasteiger charge is -2.35. The average molecular weight is 445 g/mol. The van der Waals surface area contributed by atoms with Gasteiger partial charge in [0.25, 0.3) is 0 Å². The van der Waals surface area contributed by atoms with Crippen molar-refractivity contribution in [2.24, 2.45) is 0 Å². The number of hydrogen-bond acceptors (Lipinski definition) is 6. The van der Waals surface area contributed by atoms with E-state index in [9.17, 15) is 9.18 Å². The van der Waals surface area contributed by atoms with Gasteiger partial charge in [0, 0.05) is 24.7 Å². The van der Waals surface area contributed by atoms with E-state index in [0.29, 0.717) is 53.7 Å². The van der Waals surface area contributed by atoms with Gasteiger partial charge in [-0.05, 0) is 48.2 Å². The van der Waals surface area contributed by atoms with Gasteiger partial charge in [-0.15, -0.1) is 0 Å². The Bertz CT molecular complexity index is 1130. The van der Waals surface area contributed by atoms with Crippen molar-refractivity contribution in [3.63, 3.8) is 0 Å². The number of esters is 1. The van der Waals surface area contributed by atoms with E-state index in [1.807, 2.05) is 18.2 Å². The number of hydrogen-bond donors (Lipinski definition) is 1. The Hall–Kier alpha value is -2.90. The van der Waals surface area contributed by atoms with Gasteiger partial charge in [-0.2, -0.15) is 0 Å². The second kappa shape index (κ2) is 8.69. The number of ether oxygens (including phenoxy) is 3. The Kier molecular flexibility index (Phi) is 5.98. The highest BCUT2D eigenvalue weighted by Crippen LogP contribution is 2.38. The minimum atomic E-state index is -0.950. The first-order chi connectivity index (χ1) is 14.9. The number of nitrogens with zero attached hydrogens (tertiary/aromatic N) is 1. The minimum absolute atomic E-state index is 0.182. The molecule has 1 saturated heterocycles. The summed E-state index contributed by atoms with van der Waals surface area (Å²) in [4.78, 5) is 16.9. The zero-order valence-electron chi connectivity index (χ0n) is 17.0. The van der Waals surface area contributed by atoms with E-state index in [4.69, 9.17) is 31.5 Å². The number of nitrogen functional groups attached to an aromatic ring is 1. The first kappa shape index (κ1) is 21.3. The number of rotatable bonds is 5. The van der Waals surface area contributed by atoms with Gasteiger partial charge in [0.2, 0.25) is 0 Å². The van der Waals surface area contributed by atoms with Crippen LogP contribution in [-0.2, 0) is 26.3 Å². The maximum atomic E-state index is 14.4. The zero-order chi connectivity index (χ0) is 22.0. The highest BCUT2D eigenvalue weighted by Gasteiger charge is 2.43. The molecule has 2 heterocycles. The van der Waals surface area contributed by atoms with Gasteiger partial charge in [-0.25, -0.2) is 9.37 Å². The summed E-state index contributed by atoms with van der Waals surface area (Å²) >= 11 is 6.21. The van der Waals surface area contributed by atoms with Crippen molar-refractivity contribution in [1.82, 2.24) is 4.98 Å². The number of anilines is 1. The number of nitrogens with two attached hydrogens (primary N) is 1. The highest BCUT2D eigenvalue weighted by atomic mass is 35.5. The van der Waals surface area contributed by atoms with Crippen LogP contribution in [0.4, 0.5) is 10.2 Å². The summed E-state index contributed by atoms with van der Waals surface area (Å²) in [5, 5.41) is 1.31. The molecule has 0 saturated carbocycles. The SMILES string of the molecule is COC(=O)C1(c2cc(F)cc(OCc3ccc4c(Cl)cc(N)nc4c3)c2)CCOCC1. The topological polar surface area (TPSA) is 83.7 Å². The van der Waals surface area contributed by atoms with E-state index in [0.717, 1.165) is 10.9 Å². The fraction of sp³-hybridized carbons (Fsp3) is 0.304. The third-order valence-electron chi connectivity index (χ3n) is 5.60. The Morgan fingerprint density at radius 1 is 1.23 bits per heavy atom. The normalized spacial score (nSPS) is 15.6. The van der Waals surface area contributed by atoms with Crippen molar-refractivity contribution < 1.29 is 23.4 Å². The lowest BCUT2D eigenvalue weighted by molar-refractivity contribution is -0.151. The molecule has 2 N–H and O–H groups in total. The second-order valence-electron chi connectivity index (χ2n) is 7.53. The largest absolute Gasteiger partial charge is 0.489 e. The smallest absolute Gasteiger partial charge is 0.316 e. The molecule has 1 aliphatic rings. The summed E-state index contributed by atoms with van der Waals surface area (Å²) in [6.07, 6.45) is 0.836. The van der Waals surface area contributed by atoms with Gasteiger partial charge < -0.3 is 19.9 Å². The molecular weight excluding hydrogens is 423 g/mol. The molecule has 0 unspecified atom stereocenters. The molecular formula is C23H22ClFN2O4. The van der Waals surface area contributed by atoms with E-state index in [-0.39, 0.29) is 6.61 Å². The number of carbonyl (C=O) groups excluding carboxylic acids is 1. The summed E-state index contributed by atoms with van der Waals surface area (Å²) in [5.41, 5.74) is 6.82. The van der Waals surface area contributed by atoms with Crippen LogP contribution in [0, 0.1) is 5.82 Å². The van der Waals surface area contributed by atoms with Crippen LogP contribution in [0.25, 0.3) is 10.9 Å². The van der Waals surface area contributed by atoms with Crippen molar-refractivity contribution in [3.8, 4) is 5.75 Å². The molecule has 4 rings (SSSR count). The quantitative estimate of drug-likeness (QED) is 0.587. The predicted molar refractivity (Wildman–Crippen MR) is 116 cm³/mol. The van der Waals surface area contributed by atoms with Gasteiger partial charge in [0.1, 0.15) is 24.0 Å². The molecule has 0 amide bonds. The third-order valence-corrected chi connectivity index (χ3v) is 5.91. The third kappa shape index (κ3) is 4.29. The summed E-state index contributed by atoms with van der Waals surface area (Å²) in [5.74, 6) is -0.234. The van der Waals surface area contributed by atoms with E-state index >= 15 is 0 Å². The lowest BCUT2D eigenvalue weighted by Crippen LogP contribution is -2.42. The fourth-order valence-electron chi connectivity index (χ4n) is 3.96. The van der Waals surface area contributed by atoms with Gasteiger partial charge in [-0.1, -0.05) is 23.7 Å². The number of methoxy groups -OCH3 is 1. The van der Waals surface area contributed by atoms with Crippen LogP contribution < -0.4 is 10.5 Å². The minimum Gasteiger partial charge on any atom is -0.489 e. The van der Waals surface area contributed by atoms with Crippen molar-refractivity contribution >= 4 is 34.3 Å². The molecule has 162 valence electrons. The van der Waals surface area contributed by atoms with Crippen molar-refractivity contribution in [2.45, 2.75) is 24.9 Å². The summed E-state index contributed by atoms with van der Waals surface area (Å²) < 4.78 is 30.7. The van der Waals surface area contributed by atoms with Gasteiger partial charge in [-0.3, -0.25) is 4.79 Å². The van der Waals surface area contributed by atoms with Gasteiger partial charge in [0.15, 0.2) is 0 Å². The van der Waals surface area contributed by atoms with Crippen LogP contribution in [0.2, 0.25) is 5.02 Å². The fourth-order valence-corrected chi connectivity index (χ4v) is 4.23. The molecule has 8 heteroatoms.